The van der Waals surface area contributed by atoms with Crippen LogP contribution in [-0.4, -0.2) is 73.9 Å². The number of aliphatic hydroxyl groups is 2. The van der Waals surface area contributed by atoms with Crippen molar-refractivity contribution in [3.8, 4) is 5.75 Å². The molecule has 0 bridgehead atoms. The average molecular weight is 490 g/mol. The van der Waals surface area contributed by atoms with Gasteiger partial charge in [0, 0.05) is 12.1 Å². The molecule has 0 spiro atoms. The number of carbonyl (C=O) groups excluding carboxylic acids is 1. The number of amides is 1. The maximum Gasteiger partial charge on any atom is 0.407 e. The van der Waals surface area contributed by atoms with Gasteiger partial charge < -0.3 is 44.0 Å². The summed E-state index contributed by atoms with van der Waals surface area (Å²) in [5.41, 5.74) is 1.66. The zero-order valence-electron chi connectivity index (χ0n) is 19.4. The Morgan fingerprint density at radius 2 is 1.83 bits per heavy atom. The predicted molar refractivity (Wildman–Crippen MR) is 122 cm³/mol. The minimum absolute atomic E-state index is 0.166. The number of ether oxygens (including phenoxy) is 6. The molecule has 35 heavy (non-hydrogen) atoms. The van der Waals surface area contributed by atoms with Gasteiger partial charge in [0.05, 0.1) is 20.3 Å². The number of hydrogen-bond donors (Lipinski definition) is 3. The van der Waals surface area contributed by atoms with Gasteiger partial charge in [-0.2, -0.15) is 0 Å². The van der Waals surface area contributed by atoms with E-state index in [1.165, 1.54) is 0 Å². The first kappa shape index (κ1) is 25.4. The van der Waals surface area contributed by atoms with Crippen LogP contribution >= 0.6 is 0 Å². The van der Waals surface area contributed by atoms with E-state index in [1.807, 2.05) is 42.5 Å². The first-order valence-electron chi connectivity index (χ1n) is 11.5. The summed E-state index contributed by atoms with van der Waals surface area (Å²) in [4.78, 5) is 11.8. The Kier molecular flexibility index (Phi) is 8.91. The quantitative estimate of drug-likeness (QED) is 0.453. The molecule has 2 aromatic carbocycles. The summed E-state index contributed by atoms with van der Waals surface area (Å²) in [6, 6.07) is 16.6. The van der Waals surface area contributed by atoms with E-state index in [4.69, 9.17) is 28.4 Å². The second kappa shape index (κ2) is 12.3. The topological polar surface area (TPSA) is 125 Å². The van der Waals surface area contributed by atoms with Gasteiger partial charge >= 0.3 is 6.09 Å². The summed E-state index contributed by atoms with van der Waals surface area (Å²) in [6.45, 7) is 0.872. The Labute approximate surface area is 203 Å². The Morgan fingerprint density at radius 3 is 2.57 bits per heavy atom. The number of alkyl carbamates (subject to hydrolysis) is 1. The monoisotopic (exact) mass is 489 g/mol. The predicted octanol–water partition coefficient (Wildman–Crippen LogP) is 1.89. The summed E-state index contributed by atoms with van der Waals surface area (Å²) in [5, 5.41) is 23.8. The van der Waals surface area contributed by atoms with Crippen molar-refractivity contribution in [1.29, 1.82) is 0 Å². The van der Waals surface area contributed by atoms with E-state index >= 15 is 0 Å². The van der Waals surface area contributed by atoms with Gasteiger partial charge in [-0.25, -0.2) is 4.79 Å². The summed E-state index contributed by atoms with van der Waals surface area (Å²) in [7, 11) is 1.58. The fourth-order valence-corrected chi connectivity index (χ4v) is 3.88. The molecule has 0 radical (unpaired) electrons. The second-order valence-electron chi connectivity index (χ2n) is 8.28. The Morgan fingerprint density at radius 1 is 1.06 bits per heavy atom. The van der Waals surface area contributed by atoms with Gasteiger partial charge in [-0.3, -0.25) is 0 Å². The van der Waals surface area contributed by atoms with Crippen molar-refractivity contribution in [2.24, 2.45) is 0 Å². The van der Waals surface area contributed by atoms with Gasteiger partial charge in [-0.15, -0.1) is 0 Å². The molecule has 2 saturated heterocycles. The molecule has 10 nitrogen and oxygen atoms in total. The third-order valence-corrected chi connectivity index (χ3v) is 5.81. The molecule has 2 heterocycles. The van der Waals surface area contributed by atoms with E-state index in [0.717, 1.165) is 11.1 Å². The van der Waals surface area contributed by atoms with E-state index in [9.17, 15) is 15.0 Å². The molecule has 0 aliphatic carbocycles. The van der Waals surface area contributed by atoms with Crippen molar-refractivity contribution < 1.29 is 43.4 Å². The lowest BCUT2D eigenvalue weighted by Gasteiger charge is -2.46. The fraction of sp³-hybridized carbons (Fsp3) is 0.480. The van der Waals surface area contributed by atoms with Gasteiger partial charge in [0.25, 0.3) is 0 Å². The second-order valence-corrected chi connectivity index (χ2v) is 8.28. The highest BCUT2D eigenvalue weighted by molar-refractivity contribution is 5.67. The normalized spacial score (nSPS) is 28.1. The third kappa shape index (κ3) is 6.69. The van der Waals surface area contributed by atoms with Crippen LogP contribution in [0.3, 0.4) is 0 Å². The highest BCUT2D eigenvalue weighted by Gasteiger charge is 2.49. The van der Waals surface area contributed by atoms with Crippen LogP contribution in [0.4, 0.5) is 4.79 Å². The Hall–Kier alpha value is -2.73. The first-order chi connectivity index (χ1) is 17.0. The lowest BCUT2D eigenvalue weighted by atomic mass is 9.98. The maximum absolute atomic E-state index is 11.8. The molecule has 4 rings (SSSR count). The van der Waals surface area contributed by atoms with Crippen LogP contribution < -0.4 is 10.1 Å². The van der Waals surface area contributed by atoms with Crippen LogP contribution in [0.25, 0.3) is 0 Å². The summed E-state index contributed by atoms with van der Waals surface area (Å²) in [5.74, 6) is 0.707. The number of benzene rings is 2. The number of aliphatic hydroxyl groups excluding tert-OH is 2. The molecule has 3 N–H and O–H groups in total. The Balaban J connectivity index is 1.17. The number of nitrogens with one attached hydrogen (secondary N) is 1. The van der Waals surface area contributed by atoms with Crippen molar-refractivity contribution in [3.05, 3.63) is 65.7 Å². The molecular formula is C25H31NO9. The van der Waals surface area contributed by atoms with Crippen LogP contribution in [0, 0.1) is 0 Å². The molecule has 6 atom stereocenters. The molecule has 2 aliphatic rings. The first-order valence-corrected chi connectivity index (χ1v) is 11.5. The molecule has 190 valence electrons. The number of carbonyl (C=O) groups is 1. The van der Waals surface area contributed by atoms with Crippen LogP contribution in [-0.2, 0) is 30.3 Å². The largest absolute Gasteiger partial charge is 0.497 e. The van der Waals surface area contributed by atoms with Crippen molar-refractivity contribution in [1.82, 2.24) is 5.32 Å². The molecule has 0 aromatic heterocycles. The maximum atomic E-state index is 11.8. The minimum atomic E-state index is -1.30. The molecule has 0 saturated carbocycles. The van der Waals surface area contributed by atoms with Crippen LogP contribution in [0.1, 0.15) is 23.8 Å². The molecule has 2 fully saturated rings. The highest BCUT2D eigenvalue weighted by Crippen LogP contribution is 2.34. The van der Waals surface area contributed by atoms with Crippen LogP contribution in [0.2, 0.25) is 0 Å². The molecule has 2 aliphatic heterocycles. The highest BCUT2D eigenvalue weighted by atomic mass is 16.8. The number of rotatable bonds is 9. The lowest BCUT2D eigenvalue weighted by Crippen LogP contribution is -2.62. The van der Waals surface area contributed by atoms with Crippen molar-refractivity contribution in [3.63, 3.8) is 0 Å². The number of methoxy groups -OCH3 is 1. The van der Waals surface area contributed by atoms with Gasteiger partial charge in [-0.1, -0.05) is 42.5 Å². The zero-order chi connectivity index (χ0) is 24.6. The van der Waals surface area contributed by atoms with Crippen molar-refractivity contribution in [2.45, 2.75) is 50.0 Å². The van der Waals surface area contributed by atoms with E-state index in [0.29, 0.717) is 18.7 Å². The minimum Gasteiger partial charge on any atom is -0.497 e. The van der Waals surface area contributed by atoms with E-state index in [1.54, 1.807) is 19.2 Å². The summed E-state index contributed by atoms with van der Waals surface area (Å²) in [6.07, 6.45) is -5.68. The molecular weight excluding hydrogens is 458 g/mol. The standard InChI is InChI=1S/C25H31NO9/c1-30-18-10-8-17(9-11-18)23-32-15-19-22(35-23)20(27)21(28)24(34-19)31-13-5-12-26-25(29)33-14-16-6-3-2-4-7-16/h2-4,6-11,19-24,27-28H,5,12-15H2,1H3,(H,26,29)/t19-,20-,21-,22-,23?,24-/m1/s1. The third-order valence-electron chi connectivity index (χ3n) is 5.81. The van der Waals surface area contributed by atoms with E-state index in [2.05, 4.69) is 5.32 Å². The molecule has 1 amide bonds. The van der Waals surface area contributed by atoms with Crippen molar-refractivity contribution in [2.75, 3.05) is 26.9 Å². The van der Waals surface area contributed by atoms with Crippen LogP contribution in [0.5, 0.6) is 5.75 Å². The zero-order valence-corrected chi connectivity index (χ0v) is 19.4. The molecule has 2 aromatic rings. The summed E-state index contributed by atoms with van der Waals surface area (Å²) >= 11 is 0. The number of fused-ring (bicyclic) bond motifs is 1. The van der Waals surface area contributed by atoms with E-state index in [-0.39, 0.29) is 19.8 Å². The lowest BCUT2D eigenvalue weighted by molar-refractivity contribution is -0.361. The fourth-order valence-electron chi connectivity index (χ4n) is 3.88. The van der Waals surface area contributed by atoms with Gasteiger partial charge in [0.15, 0.2) is 12.6 Å². The summed E-state index contributed by atoms with van der Waals surface area (Å²) < 4.78 is 33.4. The van der Waals surface area contributed by atoms with Crippen LogP contribution in [0.15, 0.2) is 54.6 Å². The SMILES string of the molecule is COc1ccc(C2OC[C@H]3O[C@@H](OCCCNC(=O)OCc4ccccc4)[C@H](O)[C@@H](O)[C@@H]3O2)cc1. The number of hydrogen-bond acceptors (Lipinski definition) is 9. The van der Waals surface area contributed by atoms with Gasteiger partial charge in [0.2, 0.25) is 0 Å². The molecule has 1 unspecified atom stereocenters. The van der Waals surface area contributed by atoms with Gasteiger partial charge in [0.1, 0.15) is 36.8 Å². The van der Waals surface area contributed by atoms with Gasteiger partial charge in [-0.05, 0) is 24.1 Å². The smallest absolute Gasteiger partial charge is 0.407 e. The van der Waals surface area contributed by atoms with E-state index < -0.39 is 43.1 Å². The molecule has 10 heteroatoms. The van der Waals surface area contributed by atoms with Crippen molar-refractivity contribution >= 4 is 6.09 Å². The Bertz CT molecular complexity index is 924. The average Bonchev–Trinajstić information content (AvgIpc) is 2.90.